The smallest absolute Gasteiger partial charge is 0.294 e. The van der Waals surface area contributed by atoms with E-state index in [0.717, 1.165) is 0 Å². The van der Waals surface area contributed by atoms with E-state index in [0.29, 0.717) is 56.8 Å². The Morgan fingerprint density at radius 3 is 2.59 bits per heavy atom. The second-order valence-electron chi connectivity index (χ2n) is 8.85. The van der Waals surface area contributed by atoms with Crippen LogP contribution in [0.15, 0.2) is 76.4 Å². The number of Topliss-reactive ketones (excluding diaryl/α,β-unsaturated/α-hetero) is 1. The number of nitrogens with zero attached hydrogens (tertiary/aromatic N) is 1. The highest BCUT2D eigenvalue weighted by Crippen LogP contribution is 2.45. The molecule has 0 saturated carbocycles. The van der Waals surface area contributed by atoms with Crippen molar-refractivity contribution in [3.8, 4) is 23.0 Å². The molecule has 1 N–H and O–H groups in total. The van der Waals surface area contributed by atoms with E-state index in [1.165, 1.54) is 18.1 Å². The normalized spacial score (nSPS) is 16.3. The monoisotopic (exact) mass is 547 g/mol. The minimum atomic E-state index is -0.972. The molecule has 6 rings (SSSR count). The highest BCUT2D eigenvalue weighted by atomic mass is 35.5. The zero-order chi connectivity index (χ0) is 27.3. The minimum absolute atomic E-state index is 0.0574. The predicted molar refractivity (Wildman–Crippen MR) is 142 cm³/mol. The zero-order valence-electron chi connectivity index (χ0n) is 20.9. The molecule has 0 saturated heterocycles. The van der Waals surface area contributed by atoms with Crippen LogP contribution in [0, 0.1) is 0 Å². The van der Waals surface area contributed by atoms with Gasteiger partial charge >= 0.3 is 0 Å². The first kappa shape index (κ1) is 24.7. The van der Waals surface area contributed by atoms with Gasteiger partial charge in [0.25, 0.3) is 5.91 Å². The van der Waals surface area contributed by atoms with E-state index in [2.05, 4.69) is 0 Å². The van der Waals surface area contributed by atoms with E-state index >= 15 is 0 Å². The van der Waals surface area contributed by atoms with Crippen molar-refractivity contribution >= 4 is 39.9 Å². The van der Waals surface area contributed by atoms with Crippen molar-refractivity contribution in [2.24, 2.45) is 0 Å². The Labute approximate surface area is 227 Å². The van der Waals surface area contributed by atoms with Crippen molar-refractivity contribution in [1.82, 2.24) is 0 Å². The van der Waals surface area contributed by atoms with Gasteiger partial charge in [0.15, 0.2) is 34.4 Å². The number of fused-ring (bicyclic) bond motifs is 2. The predicted octanol–water partition coefficient (Wildman–Crippen LogP) is 6.01. The lowest BCUT2D eigenvalue weighted by atomic mass is 9.94. The molecule has 2 aliphatic rings. The van der Waals surface area contributed by atoms with E-state index < -0.39 is 23.5 Å². The summed E-state index contributed by atoms with van der Waals surface area (Å²) in [6, 6.07) is 15.7. The molecule has 0 aliphatic carbocycles. The van der Waals surface area contributed by atoms with Crippen molar-refractivity contribution in [1.29, 1.82) is 0 Å². The van der Waals surface area contributed by atoms with Crippen LogP contribution in [-0.2, 0) is 4.79 Å². The Morgan fingerprint density at radius 1 is 1.08 bits per heavy atom. The number of furan rings is 1. The van der Waals surface area contributed by atoms with Crippen LogP contribution in [0.4, 0.5) is 5.69 Å². The number of benzene rings is 3. The van der Waals surface area contributed by atoms with Crippen LogP contribution in [0.25, 0.3) is 11.0 Å². The lowest BCUT2D eigenvalue weighted by Gasteiger charge is -2.27. The number of methoxy groups -OCH3 is 1. The Hall–Kier alpha value is -4.63. The first-order valence-corrected chi connectivity index (χ1v) is 12.5. The summed E-state index contributed by atoms with van der Waals surface area (Å²) in [5.41, 5.74) is 1.18. The molecule has 0 bridgehead atoms. The number of rotatable bonds is 7. The molecule has 1 aromatic heterocycles. The largest absolute Gasteiger partial charge is 0.503 e. The summed E-state index contributed by atoms with van der Waals surface area (Å²) in [4.78, 5) is 28.8. The molecule has 1 unspecified atom stereocenters. The number of anilines is 1. The van der Waals surface area contributed by atoms with Gasteiger partial charge in [-0.2, -0.15) is 0 Å². The van der Waals surface area contributed by atoms with Gasteiger partial charge in [-0.3, -0.25) is 14.5 Å². The van der Waals surface area contributed by atoms with Crippen molar-refractivity contribution in [2.45, 2.75) is 13.0 Å². The average Bonchev–Trinajstić information content (AvgIpc) is 3.64. The SMILES string of the molecule is CCOc1ccc(C2C(C(=O)c3cc4cc(Cl)cc(OC)c4o3)=C(O)C(=O)N2c2ccc3c(c2)OCO3)cc1. The molecule has 9 nitrogen and oxygen atoms in total. The lowest BCUT2D eigenvalue weighted by Crippen LogP contribution is -2.31. The fourth-order valence-corrected chi connectivity index (χ4v) is 5.07. The standard InChI is InChI=1S/C29H22ClNO8/c1-3-36-19-7-4-15(5-8-19)25-24(26(32)22-11-16-10-17(30)12-23(35-2)28(16)39-22)27(33)29(34)31(25)18-6-9-20-21(13-18)38-14-37-20/h4-13,25,33H,3,14H2,1-2H3. The molecule has 198 valence electrons. The second kappa shape index (κ2) is 9.59. The van der Waals surface area contributed by atoms with Gasteiger partial charge in [0, 0.05) is 28.2 Å². The van der Waals surface area contributed by atoms with Gasteiger partial charge in [-0.05, 0) is 48.9 Å². The summed E-state index contributed by atoms with van der Waals surface area (Å²) >= 11 is 6.19. The quantitative estimate of drug-likeness (QED) is 0.280. The van der Waals surface area contributed by atoms with Crippen molar-refractivity contribution in [3.63, 3.8) is 0 Å². The highest BCUT2D eigenvalue weighted by molar-refractivity contribution is 6.31. The number of carbonyl (C=O) groups is 2. The molecule has 1 amide bonds. The number of ether oxygens (including phenoxy) is 4. The van der Waals surface area contributed by atoms with E-state index in [1.54, 1.807) is 54.6 Å². The van der Waals surface area contributed by atoms with Crippen LogP contribution in [0.2, 0.25) is 5.02 Å². The number of aliphatic hydroxyl groups excluding tert-OH is 1. The van der Waals surface area contributed by atoms with Crippen LogP contribution >= 0.6 is 11.6 Å². The number of hydrogen-bond donors (Lipinski definition) is 1. The molecule has 1 atom stereocenters. The molecular formula is C29H22ClNO8. The maximum atomic E-state index is 13.9. The average molecular weight is 548 g/mol. The van der Waals surface area contributed by atoms with Gasteiger partial charge in [0.2, 0.25) is 12.6 Å². The summed E-state index contributed by atoms with van der Waals surface area (Å²) in [6.45, 7) is 2.41. The zero-order valence-corrected chi connectivity index (χ0v) is 21.7. The maximum absolute atomic E-state index is 13.9. The molecule has 0 fully saturated rings. The Balaban J connectivity index is 1.48. The summed E-state index contributed by atoms with van der Waals surface area (Å²) in [7, 11) is 1.46. The molecule has 39 heavy (non-hydrogen) atoms. The van der Waals surface area contributed by atoms with Gasteiger partial charge in [0.1, 0.15) is 5.75 Å². The maximum Gasteiger partial charge on any atom is 0.294 e. The van der Waals surface area contributed by atoms with Crippen LogP contribution in [0.3, 0.4) is 0 Å². The number of amides is 1. The van der Waals surface area contributed by atoms with Crippen LogP contribution in [-0.4, -0.2) is 37.3 Å². The molecule has 4 aromatic rings. The minimum Gasteiger partial charge on any atom is -0.503 e. The molecule has 10 heteroatoms. The van der Waals surface area contributed by atoms with E-state index in [9.17, 15) is 14.7 Å². The van der Waals surface area contributed by atoms with Crippen LogP contribution in [0.1, 0.15) is 29.1 Å². The number of carbonyl (C=O) groups excluding carboxylic acids is 2. The van der Waals surface area contributed by atoms with E-state index in [1.807, 2.05) is 6.92 Å². The first-order chi connectivity index (χ1) is 18.9. The van der Waals surface area contributed by atoms with Gasteiger partial charge < -0.3 is 28.5 Å². The molecule has 0 spiro atoms. The number of hydrogen-bond acceptors (Lipinski definition) is 8. The molecule has 3 aromatic carbocycles. The lowest BCUT2D eigenvalue weighted by molar-refractivity contribution is -0.117. The van der Waals surface area contributed by atoms with Crippen LogP contribution < -0.4 is 23.8 Å². The number of halogens is 1. The van der Waals surface area contributed by atoms with Gasteiger partial charge in [-0.15, -0.1) is 0 Å². The third-order valence-electron chi connectivity index (χ3n) is 6.58. The fraction of sp³-hybridized carbons (Fsp3) is 0.172. The third-order valence-corrected chi connectivity index (χ3v) is 6.80. The fourth-order valence-electron chi connectivity index (χ4n) is 4.85. The summed E-state index contributed by atoms with van der Waals surface area (Å²) < 4.78 is 27.7. The number of ketones is 1. The summed E-state index contributed by atoms with van der Waals surface area (Å²) in [5, 5.41) is 12.0. The van der Waals surface area contributed by atoms with E-state index in [-0.39, 0.29) is 18.1 Å². The Morgan fingerprint density at radius 2 is 1.85 bits per heavy atom. The van der Waals surface area contributed by atoms with E-state index in [4.69, 9.17) is 35.0 Å². The second-order valence-corrected chi connectivity index (χ2v) is 9.28. The molecular weight excluding hydrogens is 526 g/mol. The van der Waals surface area contributed by atoms with Gasteiger partial charge in [0.05, 0.1) is 25.3 Å². The Bertz CT molecular complexity index is 1660. The summed E-state index contributed by atoms with van der Waals surface area (Å²) in [6.07, 6.45) is 0. The number of aliphatic hydroxyl groups is 1. The summed E-state index contributed by atoms with van der Waals surface area (Å²) in [5.74, 6) is -0.196. The molecule has 3 heterocycles. The molecule has 2 aliphatic heterocycles. The third kappa shape index (κ3) is 4.11. The van der Waals surface area contributed by atoms with Gasteiger partial charge in [-0.25, -0.2) is 0 Å². The Kier molecular flexibility index (Phi) is 6.07. The highest BCUT2D eigenvalue weighted by Gasteiger charge is 2.45. The molecule has 0 radical (unpaired) electrons. The van der Waals surface area contributed by atoms with Crippen molar-refractivity contribution in [2.75, 3.05) is 25.4 Å². The van der Waals surface area contributed by atoms with Crippen molar-refractivity contribution < 1.29 is 38.1 Å². The topological polar surface area (TPSA) is 108 Å². The van der Waals surface area contributed by atoms with Crippen LogP contribution in [0.5, 0.6) is 23.0 Å². The first-order valence-electron chi connectivity index (χ1n) is 12.1. The van der Waals surface area contributed by atoms with Crippen molar-refractivity contribution in [3.05, 3.63) is 88.3 Å². The van der Waals surface area contributed by atoms with Gasteiger partial charge in [-0.1, -0.05) is 23.7 Å².